The third-order valence-corrected chi connectivity index (χ3v) is 3.01. The van der Waals surface area contributed by atoms with E-state index >= 15 is 0 Å². The zero-order valence-corrected chi connectivity index (χ0v) is 13.5. The highest BCUT2D eigenvalue weighted by Gasteiger charge is 2.22. The Morgan fingerprint density at radius 2 is 2.12 bits per heavy atom. The summed E-state index contributed by atoms with van der Waals surface area (Å²) in [6, 6.07) is 2.51. The molecule has 0 bridgehead atoms. The number of ether oxygens (including phenoxy) is 2. The van der Waals surface area contributed by atoms with Crippen LogP contribution in [0, 0.1) is 10.1 Å². The Morgan fingerprint density at radius 3 is 2.71 bits per heavy atom. The van der Waals surface area contributed by atoms with E-state index in [9.17, 15) is 14.9 Å². The number of carbonyl (C=O) groups is 1. The van der Waals surface area contributed by atoms with Gasteiger partial charge in [-0.05, 0) is 6.07 Å². The minimum atomic E-state index is -0.769. The summed E-state index contributed by atoms with van der Waals surface area (Å²) in [4.78, 5) is 22.1. The van der Waals surface area contributed by atoms with Gasteiger partial charge in [-0.25, -0.2) is 0 Å². The van der Waals surface area contributed by atoms with Crippen LogP contribution in [-0.2, 0) is 4.74 Å². The van der Waals surface area contributed by atoms with Crippen molar-refractivity contribution in [2.75, 3.05) is 38.7 Å². The minimum Gasteiger partial charge on any atom is -0.491 e. The van der Waals surface area contributed by atoms with Crippen LogP contribution in [0.5, 0.6) is 5.75 Å². The van der Waals surface area contributed by atoms with Crippen molar-refractivity contribution >= 4 is 17.3 Å². The zero-order chi connectivity index (χ0) is 17.9. The number of hydrogen-bond donors (Lipinski definition) is 3. The van der Waals surface area contributed by atoms with Crippen LogP contribution in [0.1, 0.15) is 16.8 Å². The van der Waals surface area contributed by atoms with E-state index in [1.165, 1.54) is 6.07 Å². The second-order valence-corrected chi connectivity index (χ2v) is 4.77. The van der Waals surface area contributed by atoms with Gasteiger partial charge in [0.15, 0.2) is 5.69 Å². The molecule has 0 radical (unpaired) electrons. The first kappa shape index (κ1) is 19.4. The van der Waals surface area contributed by atoms with Crippen molar-refractivity contribution in [1.29, 1.82) is 0 Å². The highest BCUT2D eigenvalue weighted by molar-refractivity contribution is 5.95. The maximum atomic E-state index is 11.4. The Bertz CT molecular complexity index is 604. The molecule has 5 N–H and O–H groups in total. The number of nitrogens with one attached hydrogen (secondary N) is 1. The van der Waals surface area contributed by atoms with E-state index < -0.39 is 10.8 Å². The van der Waals surface area contributed by atoms with Crippen LogP contribution in [-0.4, -0.2) is 44.2 Å². The lowest BCUT2D eigenvalue weighted by atomic mass is 10.1. The van der Waals surface area contributed by atoms with E-state index in [0.29, 0.717) is 26.1 Å². The van der Waals surface area contributed by atoms with Gasteiger partial charge in [0.25, 0.3) is 5.69 Å². The fraction of sp³-hybridized carbons (Fsp3) is 0.400. The standard InChI is InChI=1S/C15H22N4O5/c1-23-7-4-8-24-13-10-11(15(17)20)9-12(19(21)22)14(13)18-6-3-2-5-16/h2-3,9-10,18H,4-8,16H2,1H3,(H2,17,20). The van der Waals surface area contributed by atoms with E-state index in [1.807, 2.05) is 0 Å². The number of carbonyl (C=O) groups excluding carboxylic acids is 1. The van der Waals surface area contributed by atoms with E-state index in [0.717, 1.165) is 6.07 Å². The molecular formula is C15H22N4O5. The van der Waals surface area contributed by atoms with Crippen molar-refractivity contribution in [3.05, 3.63) is 40.0 Å². The Kier molecular flexibility index (Phi) is 8.23. The second-order valence-electron chi connectivity index (χ2n) is 4.77. The van der Waals surface area contributed by atoms with Crippen molar-refractivity contribution in [1.82, 2.24) is 0 Å². The van der Waals surface area contributed by atoms with Gasteiger partial charge >= 0.3 is 0 Å². The SMILES string of the molecule is COCCCOc1cc(C(N)=O)cc([N+](=O)[O-])c1NCC=CCN. The molecule has 24 heavy (non-hydrogen) atoms. The number of primary amides is 1. The molecule has 1 aromatic carbocycles. The predicted octanol–water partition coefficient (Wildman–Crippen LogP) is 1.04. The van der Waals surface area contributed by atoms with Gasteiger partial charge in [0.2, 0.25) is 5.91 Å². The fourth-order valence-electron chi connectivity index (χ4n) is 1.90. The summed E-state index contributed by atoms with van der Waals surface area (Å²) in [5.74, 6) is -0.579. The summed E-state index contributed by atoms with van der Waals surface area (Å²) in [7, 11) is 1.56. The lowest BCUT2D eigenvalue weighted by Crippen LogP contribution is -2.14. The van der Waals surface area contributed by atoms with E-state index in [4.69, 9.17) is 20.9 Å². The Labute approximate surface area is 139 Å². The van der Waals surface area contributed by atoms with Crippen LogP contribution in [0.25, 0.3) is 0 Å². The maximum Gasteiger partial charge on any atom is 0.296 e. The quantitative estimate of drug-likeness (QED) is 0.237. The lowest BCUT2D eigenvalue weighted by Gasteiger charge is -2.14. The van der Waals surface area contributed by atoms with E-state index in [1.54, 1.807) is 19.3 Å². The third kappa shape index (κ3) is 5.86. The molecule has 0 aliphatic carbocycles. The number of nitro benzene ring substituents is 1. The molecule has 0 spiro atoms. The molecule has 0 heterocycles. The molecule has 9 nitrogen and oxygen atoms in total. The average Bonchev–Trinajstić information content (AvgIpc) is 2.55. The highest BCUT2D eigenvalue weighted by atomic mass is 16.6. The minimum absolute atomic E-state index is 0.00601. The first-order valence-corrected chi connectivity index (χ1v) is 7.34. The molecule has 0 fully saturated rings. The predicted molar refractivity (Wildman–Crippen MR) is 90.3 cm³/mol. The monoisotopic (exact) mass is 338 g/mol. The number of nitrogens with zero attached hydrogens (tertiary/aromatic N) is 1. The summed E-state index contributed by atoms with van der Waals surface area (Å²) in [5, 5.41) is 14.2. The van der Waals surface area contributed by atoms with Gasteiger partial charge in [0, 0.05) is 44.9 Å². The second kappa shape index (κ2) is 10.2. The van der Waals surface area contributed by atoms with Crippen LogP contribution < -0.4 is 21.5 Å². The Hall–Kier alpha value is -2.65. The number of nitro groups is 1. The van der Waals surface area contributed by atoms with Gasteiger partial charge in [-0.2, -0.15) is 0 Å². The topological polar surface area (TPSA) is 143 Å². The van der Waals surface area contributed by atoms with Gasteiger partial charge < -0.3 is 26.3 Å². The van der Waals surface area contributed by atoms with Crippen LogP contribution >= 0.6 is 0 Å². The number of nitrogens with two attached hydrogens (primary N) is 2. The molecule has 0 saturated heterocycles. The van der Waals surface area contributed by atoms with Crippen LogP contribution in [0.4, 0.5) is 11.4 Å². The zero-order valence-electron chi connectivity index (χ0n) is 13.5. The highest BCUT2D eigenvalue weighted by Crippen LogP contribution is 2.36. The molecular weight excluding hydrogens is 316 g/mol. The number of hydrogen-bond acceptors (Lipinski definition) is 7. The van der Waals surface area contributed by atoms with Crippen molar-refractivity contribution in [2.24, 2.45) is 11.5 Å². The number of amides is 1. The number of anilines is 1. The van der Waals surface area contributed by atoms with E-state index in [-0.39, 0.29) is 29.3 Å². The molecule has 9 heteroatoms. The summed E-state index contributed by atoms with van der Waals surface area (Å²) >= 11 is 0. The first-order valence-electron chi connectivity index (χ1n) is 7.34. The molecule has 1 rings (SSSR count). The van der Waals surface area contributed by atoms with Crippen LogP contribution in [0.3, 0.4) is 0 Å². The lowest BCUT2D eigenvalue weighted by molar-refractivity contribution is -0.384. The van der Waals surface area contributed by atoms with Gasteiger partial charge in [0.1, 0.15) is 5.75 Å². The van der Waals surface area contributed by atoms with Crippen molar-refractivity contribution < 1.29 is 19.2 Å². The first-order chi connectivity index (χ1) is 11.5. The molecule has 0 aromatic heterocycles. The number of methoxy groups -OCH3 is 1. The maximum absolute atomic E-state index is 11.4. The molecule has 0 atom stereocenters. The Morgan fingerprint density at radius 1 is 1.38 bits per heavy atom. The van der Waals surface area contributed by atoms with Gasteiger partial charge in [-0.1, -0.05) is 12.2 Å². The molecule has 1 aromatic rings. The van der Waals surface area contributed by atoms with Crippen LogP contribution in [0.15, 0.2) is 24.3 Å². The summed E-state index contributed by atoms with van der Waals surface area (Å²) < 4.78 is 10.5. The average molecular weight is 338 g/mol. The van der Waals surface area contributed by atoms with E-state index in [2.05, 4.69) is 5.32 Å². The van der Waals surface area contributed by atoms with Gasteiger partial charge in [0.05, 0.1) is 11.5 Å². The van der Waals surface area contributed by atoms with Crippen molar-refractivity contribution in [3.8, 4) is 5.75 Å². The van der Waals surface area contributed by atoms with Crippen molar-refractivity contribution in [2.45, 2.75) is 6.42 Å². The molecule has 0 saturated carbocycles. The summed E-state index contributed by atoms with van der Waals surface area (Å²) in [6.45, 7) is 1.45. The molecule has 0 aliphatic rings. The molecule has 132 valence electrons. The largest absolute Gasteiger partial charge is 0.491 e. The normalized spacial score (nSPS) is 10.8. The Balaban J connectivity index is 3.13. The molecule has 0 unspecified atom stereocenters. The molecule has 1 amide bonds. The van der Waals surface area contributed by atoms with Gasteiger partial charge in [-0.15, -0.1) is 0 Å². The molecule has 0 aliphatic heterocycles. The third-order valence-electron chi connectivity index (χ3n) is 3.01. The summed E-state index contributed by atoms with van der Waals surface area (Å²) in [5.41, 5.74) is 10.5. The van der Waals surface area contributed by atoms with Crippen molar-refractivity contribution in [3.63, 3.8) is 0 Å². The fourth-order valence-corrected chi connectivity index (χ4v) is 1.90. The number of rotatable bonds is 11. The van der Waals surface area contributed by atoms with Crippen LogP contribution in [0.2, 0.25) is 0 Å². The smallest absolute Gasteiger partial charge is 0.296 e. The number of benzene rings is 1. The van der Waals surface area contributed by atoms with Gasteiger partial charge in [-0.3, -0.25) is 14.9 Å². The summed E-state index contributed by atoms with van der Waals surface area (Å²) in [6.07, 6.45) is 4.05.